The van der Waals surface area contributed by atoms with Crippen LogP contribution in [0.15, 0.2) is 6.07 Å². The molecule has 0 saturated heterocycles. The van der Waals surface area contributed by atoms with Gasteiger partial charge in [0.05, 0.1) is 0 Å². The number of rotatable bonds is 4. The van der Waals surface area contributed by atoms with Crippen LogP contribution in [0.4, 0.5) is 0 Å². The van der Waals surface area contributed by atoms with Crippen molar-refractivity contribution in [3.8, 4) is 0 Å². The predicted molar refractivity (Wildman–Crippen MR) is 60.2 cm³/mol. The highest BCUT2D eigenvalue weighted by Crippen LogP contribution is 2.04. The second-order valence-corrected chi connectivity index (χ2v) is 9.64. The van der Waals surface area contributed by atoms with E-state index in [9.17, 15) is 0 Å². The van der Waals surface area contributed by atoms with E-state index < -0.39 is 8.07 Å². The molecule has 1 heterocycles. The van der Waals surface area contributed by atoms with Gasteiger partial charge < -0.3 is 0 Å². The van der Waals surface area contributed by atoms with Gasteiger partial charge >= 0.3 is 0 Å². The molecule has 0 aromatic carbocycles. The van der Waals surface area contributed by atoms with Crippen molar-refractivity contribution in [2.75, 3.05) is 0 Å². The van der Waals surface area contributed by atoms with E-state index in [1.54, 1.807) is 0 Å². The normalized spacial score (nSPS) is 12.0. The summed E-state index contributed by atoms with van der Waals surface area (Å²) in [7, 11) is -1.19. The Morgan fingerprint density at radius 3 is 2.54 bits per heavy atom. The summed E-state index contributed by atoms with van der Waals surface area (Å²) >= 11 is 0. The van der Waals surface area contributed by atoms with Crippen LogP contribution < -0.4 is 5.32 Å². The van der Waals surface area contributed by atoms with Crippen molar-refractivity contribution in [1.82, 2.24) is 10.2 Å². The predicted octanol–water partition coefficient (Wildman–Crippen LogP) is 2.30. The highest BCUT2D eigenvalue weighted by Gasteiger charge is 2.19. The molecule has 0 spiro atoms. The number of unbranched alkanes of at least 4 members (excludes halogenated alkanes) is 1. The van der Waals surface area contributed by atoms with Crippen LogP contribution in [0.3, 0.4) is 0 Å². The zero-order valence-electron chi connectivity index (χ0n) is 9.15. The van der Waals surface area contributed by atoms with Crippen molar-refractivity contribution < 1.29 is 0 Å². The van der Waals surface area contributed by atoms with Gasteiger partial charge in [0, 0.05) is 11.0 Å². The molecule has 0 saturated carbocycles. The highest BCUT2D eigenvalue weighted by atomic mass is 28.3. The van der Waals surface area contributed by atoms with E-state index in [-0.39, 0.29) is 0 Å². The van der Waals surface area contributed by atoms with Gasteiger partial charge in [0.25, 0.3) is 0 Å². The van der Waals surface area contributed by atoms with Crippen molar-refractivity contribution in [2.24, 2.45) is 0 Å². The van der Waals surface area contributed by atoms with E-state index in [4.69, 9.17) is 0 Å². The molecule has 1 N–H and O–H groups in total. The van der Waals surface area contributed by atoms with E-state index in [0.717, 1.165) is 6.42 Å². The third-order valence-corrected chi connectivity index (χ3v) is 3.99. The maximum atomic E-state index is 4.38. The van der Waals surface area contributed by atoms with Crippen LogP contribution in [0.5, 0.6) is 0 Å². The first-order valence-corrected chi connectivity index (χ1v) is 8.59. The molecule has 13 heavy (non-hydrogen) atoms. The van der Waals surface area contributed by atoms with E-state index in [1.807, 2.05) is 0 Å². The van der Waals surface area contributed by atoms with Gasteiger partial charge in [0.2, 0.25) is 0 Å². The lowest BCUT2D eigenvalue weighted by Crippen LogP contribution is -2.38. The fourth-order valence-corrected chi connectivity index (χ4v) is 2.24. The minimum absolute atomic E-state index is 1.15. The minimum atomic E-state index is -1.19. The van der Waals surface area contributed by atoms with E-state index in [0.29, 0.717) is 0 Å². The fourth-order valence-electron chi connectivity index (χ4n) is 1.24. The molecule has 0 aliphatic heterocycles. The Morgan fingerprint density at radius 2 is 2.08 bits per heavy atom. The molecular weight excluding hydrogens is 176 g/mol. The number of aryl methyl sites for hydroxylation is 1. The molecule has 1 aromatic heterocycles. The Labute approximate surface area is 81.8 Å². The number of H-pyrrole nitrogens is 1. The lowest BCUT2D eigenvalue weighted by molar-refractivity contribution is 0.772. The van der Waals surface area contributed by atoms with Crippen molar-refractivity contribution in [2.45, 2.75) is 45.8 Å². The Balaban J connectivity index is 2.64. The van der Waals surface area contributed by atoms with Crippen LogP contribution in [0, 0.1) is 0 Å². The second kappa shape index (κ2) is 4.09. The Hall–Kier alpha value is -0.573. The van der Waals surface area contributed by atoms with Gasteiger partial charge in [-0.05, 0) is 18.9 Å². The van der Waals surface area contributed by atoms with E-state index in [1.165, 1.54) is 23.9 Å². The lowest BCUT2D eigenvalue weighted by atomic mass is 10.2. The third kappa shape index (κ3) is 2.99. The number of aromatic amines is 1. The van der Waals surface area contributed by atoms with Crippen molar-refractivity contribution in [1.29, 1.82) is 0 Å². The van der Waals surface area contributed by atoms with Crippen LogP contribution >= 0.6 is 0 Å². The molecule has 3 heteroatoms. The Kier molecular flexibility index (Phi) is 3.31. The van der Waals surface area contributed by atoms with Gasteiger partial charge in [-0.15, -0.1) is 0 Å². The van der Waals surface area contributed by atoms with Gasteiger partial charge in [-0.2, -0.15) is 5.10 Å². The van der Waals surface area contributed by atoms with Crippen molar-refractivity contribution in [3.05, 3.63) is 11.8 Å². The van der Waals surface area contributed by atoms with Crippen LogP contribution in [0.2, 0.25) is 19.6 Å². The van der Waals surface area contributed by atoms with Gasteiger partial charge in [0.15, 0.2) is 0 Å². The van der Waals surface area contributed by atoms with E-state index >= 15 is 0 Å². The monoisotopic (exact) mass is 196 g/mol. The maximum absolute atomic E-state index is 4.38. The number of nitrogens with zero attached hydrogens (tertiary/aromatic N) is 1. The van der Waals surface area contributed by atoms with Crippen molar-refractivity contribution >= 4 is 13.4 Å². The van der Waals surface area contributed by atoms with Gasteiger partial charge in [0.1, 0.15) is 8.07 Å². The number of aromatic nitrogens is 2. The first-order valence-electron chi connectivity index (χ1n) is 5.09. The molecule has 0 bridgehead atoms. The van der Waals surface area contributed by atoms with Crippen LogP contribution in [-0.4, -0.2) is 18.3 Å². The van der Waals surface area contributed by atoms with Gasteiger partial charge in [-0.3, -0.25) is 5.10 Å². The summed E-state index contributed by atoms with van der Waals surface area (Å²) < 4.78 is 0. The molecule has 0 fully saturated rings. The molecule has 1 aromatic rings. The van der Waals surface area contributed by atoms with Gasteiger partial charge in [-0.25, -0.2) is 0 Å². The molecule has 0 aliphatic rings. The standard InChI is InChI=1S/C10H20N2Si/c1-5-6-7-9-8-10(12-11-9)13(2,3)4/h8H,5-7H2,1-4H3,(H,11,12). The molecule has 0 amide bonds. The molecule has 2 nitrogen and oxygen atoms in total. The Morgan fingerprint density at radius 1 is 1.38 bits per heavy atom. The van der Waals surface area contributed by atoms with E-state index in [2.05, 4.69) is 42.8 Å². The summed E-state index contributed by atoms with van der Waals surface area (Å²) in [4.78, 5) is 0. The average molecular weight is 196 g/mol. The van der Waals surface area contributed by atoms with Crippen LogP contribution in [0.25, 0.3) is 0 Å². The topological polar surface area (TPSA) is 28.7 Å². The molecule has 0 aliphatic carbocycles. The number of hydrogen-bond acceptors (Lipinski definition) is 1. The molecule has 0 atom stereocenters. The first kappa shape index (κ1) is 10.5. The lowest BCUT2D eigenvalue weighted by Gasteiger charge is -2.10. The van der Waals surface area contributed by atoms with Crippen molar-refractivity contribution in [3.63, 3.8) is 0 Å². The second-order valence-electron chi connectivity index (χ2n) is 4.63. The average Bonchev–Trinajstić information content (AvgIpc) is 2.47. The highest BCUT2D eigenvalue weighted by molar-refractivity contribution is 6.88. The number of nitrogens with one attached hydrogen (secondary N) is 1. The molecule has 1 rings (SSSR count). The van der Waals surface area contributed by atoms with Gasteiger partial charge in [-0.1, -0.05) is 33.0 Å². The summed E-state index contributed by atoms with van der Waals surface area (Å²) in [5.74, 6) is 0. The minimum Gasteiger partial charge on any atom is -0.283 e. The third-order valence-electron chi connectivity index (χ3n) is 2.20. The molecule has 0 unspecified atom stereocenters. The fraction of sp³-hybridized carbons (Fsp3) is 0.700. The molecule has 0 radical (unpaired) electrons. The summed E-state index contributed by atoms with van der Waals surface area (Å²) in [6.07, 6.45) is 3.66. The smallest absolute Gasteiger partial charge is 0.104 e. The molecular formula is C10H20N2Si. The number of hydrogen-bond donors (Lipinski definition) is 1. The summed E-state index contributed by atoms with van der Waals surface area (Å²) in [5, 5.41) is 8.81. The quantitative estimate of drug-likeness (QED) is 0.736. The maximum Gasteiger partial charge on any atom is 0.104 e. The summed E-state index contributed by atoms with van der Waals surface area (Å²) in [5.41, 5.74) is 1.30. The summed E-state index contributed by atoms with van der Waals surface area (Å²) in [6, 6.07) is 2.25. The van der Waals surface area contributed by atoms with Crippen LogP contribution in [0.1, 0.15) is 25.5 Å². The zero-order chi connectivity index (χ0) is 9.90. The van der Waals surface area contributed by atoms with Crippen LogP contribution in [-0.2, 0) is 6.42 Å². The molecule has 74 valence electrons. The summed E-state index contributed by atoms with van der Waals surface area (Å²) in [6.45, 7) is 9.20. The first-order chi connectivity index (χ1) is 6.04. The Bertz CT molecular complexity index is 260. The zero-order valence-corrected chi connectivity index (χ0v) is 10.1. The largest absolute Gasteiger partial charge is 0.283 e. The SMILES string of the molecule is CCCCc1cc([Si](C)(C)C)n[nH]1.